The van der Waals surface area contributed by atoms with E-state index in [-0.39, 0.29) is 58.4 Å². The standard InChI is InChI=1S/C24H30F2N4O4/c1-12-7-13(16(26)8-15(12)25)9-27-23(33)14-10-29-11-19-28-17-5-3-4-6-18(17)30(19,2)24(34)20(29)22(32)21(14)31/h8,10,12,17-19,21,28,31H,3-7,9,11H2,1-2H3,(H-,27,32,33,34)/p+1/t12?,17-,18-,19-,21?,30?/m0/s1. The summed E-state index contributed by atoms with van der Waals surface area (Å²) < 4.78 is 27.8. The minimum Gasteiger partial charge on any atom is -0.507 e. The molecule has 0 aromatic heterocycles. The van der Waals surface area contributed by atoms with Crippen LogP contribution in [-0.4, -0.2) is 75.9 Å². The number of amides is 2. The second-order valence-electron chi connectivity index (χ2n) is 10.2. The van der Waals surface area contributed by atoms with Gasteiger partial charge < -0.3 is 20.4 Å². The van der Waals surface area contributed by atoms with Crippen molar-refractivity contribution in [2.75, 3.05) is 20.1 Å². The lowest BCUT2D eigenvalue weighted by molar-refractivity contribution is -0.874. The monoisotopic (exact) mass is 477 g/mol. The van der Waals surface area contributed by atoms with Crippen molar-refractivity contribution in [2.24, 2.45) is 5.92 Å². The predicted octanol–water partition coefficient (Wildman–Crippen LogP) is 1.78. The fraction of sp³-hybridized carbons (Fsp3) is 0.583. The molecule has 0 spiro atoms. The normalized spacial score (nSPS) is 37.6. The first-order valence-electron chi connectivity index (χ1n) is 11.9. The van der Waals surface area contributed by atoms with Crippen LogP contribution in [0.4, 0.5) is 8.78 Å². The second kappa shape index (κ2) is 8.28. The van der Waals surface area contributed by atoms with Gasteiger partial charge >= 0.3 is 5.91 Å². The first-order valence-corrected chi connectivity index (χ1v) is 11.9. The number of aliphatic hydroxyl groups excluding tert-OH is 2. The maximum absolute atomic E-state index is 14.1. The van der Waals surface area contributed by atoms with Crippen molar-refractivity contribution in [1.29, 1.82) is 0 Å². The lowest BCUT2D eigenvalue weighted by Crippen LogP contribution is -2.68. The quantitative estimate of drug-likeness (QED) is 0.463. The number of hydrogen-bond donors (Lipinski definition) is 4. The first kappa shape index (κ1) is 23.2. The number of fused-ring (bicyclic) bond motifs is 4. The minimum atomic E-state index is -1.67. The predicted molar refractivity (Wildman–Crippen MR) is 119 cm³/mol. The maximum Gasteiger partial charge on any atom is 0.367 e. The van der Waals surface area contributed by atoms with E-state index in [1.807, 2.05) is 7.05 Å². The van der Waals surface area contributed by atoms with Crippen LogP contribution in [-0.2, 0) is 9.59 Å². The summed E-state index contributed by atoms with van der Waals surface area (Å²) >= 11 is 0. The molecule has 5 aliphatic rings. The topological polar surface area (TPSA) is 102 Å². The summed E-state index contributed by atoms with van der Waals surface area (Å²) in [6.45, 7) is 1.84. The highest BCUT2D eigenvalue weighted by Crippen LogP contribution is 2.42. The molecule has 3 fully saturated rings. The molecule has 8 nitrogen and oxygen atoms in total. The third-order valence-corrected chi connectivity index (χ3v) is 8.21. The van der Waals surface area contributed by atoms with Gasteiger partial charge in [-0.25, -0.2) is 18.1 Å². The molecule has 184 valence electrons. The number of carbonyl (C=O) groups excluding carboxylic acids is 2. The Morgan fingerprint density at radius 1 is 1.32 bits per heavy atom. The largest absolute Gasteiger partial charge is 0.507 e. The van der Waals surface area contributed by atoms with Gasteiger partial charge in [0.05, 0.1) is 25.2 Å². The van der Waals surface area contributed by atoms with E-state index in [2.05, 4.69) is 10.6 Å². The van der Waals surface area contributed by atoms with Crippen molar-refractivity contribution in [1.82, 2.24) is 15.5 Å². The zero-order chi connectivity index (χ0) is 24.4. The van der Waals surface area contributed by atoms with Gasteiger partial charge in [0.25, 0.3) is 5.91 Å². The second-order valence-corrected chi connectivity index (χ2v) is 10.2. The third kappa shape index (κ3) is 3.42. The molecule has 0 bridgehead atoms. The summed E-state index contributed by atoms with van der Waals surface area (Å²) in [5.74, 6) is -3.24. The van der Waals surface area contributed by atoms with E-state index in [9.17, 15) is 28.6 Å². The van der Waals surface area contributed by atoms with Gasteiger partial charge in [0.2, 0.25) is 0 Å². The molecular formula is C24H31F2N4O4+. The van der Waals surface area contributed by atoms with E-state index >= 15 is 0 Å². The molecule has 3 heterocycles. The van der Waals surface area contributed by atoms with E-state index in [4.69, 9.17) is 0 Å². The van der Waals surface area contributed by atoms with Crippen LogP contribution >= 0.6 is 0 Å². The highest BCUT2D eigenvalue weighted by molar-refractivity contribution is 5.97. The molecular weight excluding hydrogens is 446 g/mol. The zero-order valence-corrected chi connectivity index (χ0v) is 19.4. The third-order valence-electron chi connectivity index (χ3n) is 8.21. The number of carbonyl (C=O) groups is 2. The molecule has 4 N–H and O–H groups in total. The molecule has 34 heavy (non-hydrogen) atoms. The molecule has 6 atom stereocenters. The van der Waals surface area contributed by atoms with E-state index in [1.54, 1.807) is 6.92 Å². The molecule has 3 aliphatic heterocycles. The van der Waals surface area contributed by atoms with Gasteiger partial charge in [-0.1, -0.05) is 13.3 Å². The average Bonchev–Trinajstić information content (AvgIpc) is 3.10. The van der Waals surface area contributed by atoms with Gasteiger partial charge in [0.1, 0.15) is 23.8 Å². The number of nitrogens with one attached hydrogen (secondary N) is 2. The number of nitrogens with zero attached hydrogens (tertiary/aromatic N) is 2. The Balaban J connectivity index is 1.36. The highest BCUT2D eigenvalue weighted by atomic mass is 19.1. The van der Waals surface area contributed by atoms with E-state index in [1.165, 1.54) is 11.1 Å². The van der Waals surface area contributed by atoms with Gasteiger partial charge in [-0.3, -0.25) is 10.1 Å². The van der Waals surface area contributed by atoms with Crippen LogP contribution < -0.4 is 10.6 Å². The lowest BCUT2D eigenvalue weighted by atomic mass is 9.89. The summed E-state index contributed by atoms with van der Waals surface area (Å²) in [5, 5.41) is 27.7. The van der Waals surface area contributed by atoms with Crippen LogP contribution in [0.15, 0.2) is 46.5 Å². The number of halogens is 2. The van der Waals surface area contributed by atoms with Crippen molar-refractivity contribution >= 4 is 11.8 Å². The van der Waals surface area contributed by atoms with Crippen LogP contribution in [0.5, 0.6) is 0 Å². The van der Waals surface area contributed by atoms with Gasteiger partial charge in [-0.15, -0.1) is 0 Å². The number of hydrogen-bond acceptors (Lipinski definition) is 6. The summed E-state index contributed by atoms with van der Waals surface area (Å²) in [4.78, 5) is 28.0. The molecule has 1 saturated carbocycles. The van der Waals surface area contributed by atoms with Gasteiger partial charge in [-0.05, 0) is 24.8 Å². The van der Waals surface area contributed by atoms with Crippen molar-refractivity contribution in [3.05, 3.63) is 46.5 Å². The number of piperazine rings is 1. The summed E-state index contributed by atoms with van der Waals surface area (Å²) in [7, 11) is 1.89. The lowest BCUT2D eigenvalue weighted by Gasteiger charge is -2.46. The molecule has 0 radical (unpaired) electrons. The summed E-state index contributed by atoms with van der Waals surface area (Å²) in [6.07, 6.45) is 4.56. The first-order chi connectivity index (χ1) is 16.1. The molecule has 2 amide bonds. The number of rotatable bonds is 3. The maximum atomic E-state index is 14.1. The molecule has 2 saturated heterocycles. The van der Waals surface area contributed by atoms with Crippen molar-refractivity contribution in [3.63, 3.8) is 0 Å². The Bertz CT molecular complexity index is 1070. The average molecular weight is 478 g/mol. The zero-order valence-electron chi connectivity index (χ0n) is 19.4. The van der Waals surface area contributed by atoms with Crippen molar-refractivity contribution in [3.8, 4) is 0 Å². The van der Waals surface area contributed by atoms with Crippen LogP contribution in [0.2, 0.25) is 0 Å². The Hall–Kier alpha value is -2.56. The van der Waals surface area contributed by atoms with Crippen molar-refractivity contribution in [2.45, 2.75) is 63.4 Å². The van der Waals surface area contributed by atoms with Gasteiger partial charge in [0, 0.05) is 31.2 Å². The highest BCUT2D eigenvalue weighted by Gasteiger charge is 2.62. The summed E-state index contributed by atoms with van der Waals surface area (Å²) in [5.41, 5.74) is 0.144. The molecule has 0 aromatic rings. The van der Waals surface area contributed by atoms with E-state index in [0.717, 1.165) is 31.8 Å². The number of likely N-dealkylation sites (N-methyl/N-ethyl adjacent to an activating group) is 1. The van der Waals surface area contributed by atoms with Crippen LogP contribution in [0.3, 0.4) is 0 Å². The fourth-order valence-corrected chi connectivity index (χ4v) is 6.17. The van der Waals surface area contributed by atoms with Gasteiger partial charge in [-0.2, -0.15) is 0 Å². The van der Waals surface area contributed by atoms with E-state index < -0.39 is 35.3 Å². The molecule has 2 aliphatic carbocycles. The Labute approximate surface area is 196 Å². The molecule has 5 rings (SSSR count). The van der Waals surface area contributed by atoms with Gasteiger partial charge in [0.15, 0.2) is 17.6 Å². The molecule has 3 unspecified atom stereocenters. The minimum absolute atomic E-state index is 0.0197. The number of allylic oxidation sites excluding steroid dienone is 3. The van der Waals surface area contributed by atoms with Crippen LogP contribution in [0.1, 0.15) is 39.0 Å². The number of quaternary nitrogens is 1. The number of aliphatic hydroxyl groups is 2. The van der Waals surface area contributed by atoms with Crippen LogP contribution in [0.25, 0.3) is 0 Å². The van der Waals surface area contributed by atoms with E-state index in [0.29, 0.717) is 6.54 Å². The SMILES string of the molecule is CC1CC(CNC(=O)C2=CN3C[C@H]4N[C@H]5CCCC[C@@H]5[N+]4(C)C(=O)C3=C(O)C2O)=C(F)C=C1F. The Morgan fingerprint density at radius 2 is 2.06 bits per heavy atom. The summed E-state index contributed by atoms with van der Waals surface area (Å²) in [6, 6.07) is 0.327. The van der Waals surface area contributed by atoms with Crippen molar-refractivity contribution < 1.29 is 33.1 Å². The molecule has 10 heteroatoms. The fourth-order valence-electron chi connectivity index (χ4n) is 6.17. The Morgan fingerprint density at radius 3 is 2.82 bits per heavy atom. The van der Waals surface area contributed by atoms with Crippen LogP contribution in [0, 0.1) is 5.92 Å². The Kier molecular flexibility index (Phi) is 5.65. The molecule has 0 aromatic carbocycles. The smallest absolute Gasteiger partial charge is 0.367 e.